The van der Waals surface area contributed by atoms with Gasteiger partial charge in [-0.2, -0.15) is 20.2 Å². The van der Waals surface area contributed by atoms with E-state index in [-0.39, 0.29) is 48.8 Å². The van der Waals surface area contributed by atoms with Crippen LogP contribution in [-0.2, 0) is 43.2 Å². The number of benzene rings is 2. The van der Waals surface area contributed by atoms with Crippen LogP contribution in [0.15, 0.2) is 59.1 Å². The van der Waals surface area contributed by atoms with E-state index < -0.39 is 30.2 Å². The van der Waals surface area contributed by atoms with Gasteiger partial charge in [0.15, 0.2) is 11.6 Å². The van der Waals surface area contributed by atoms with Gasteiger partial charge in [-0.15, -0.1) is 0 Å². The van der Waals surface area contributed by atoms with Crippen molar-refractivity contribution in [1.29, 1.82) is 0 Å². The highest BCUT2D eigenvalue weighted by Crippen LogP contribution is 2.43. The number of hydrogen-bond donors (Lipinski definition) is 4. The lowest BCUT2D eigenvalue weighted by molar-refractivity contribution is 0.0750. The maximum Gasteiger partial charge on any atom is 0.229 e. The van der Waals surface area contributed by atoms with Crippen LogP contribution in [0.1, 0.15) is 113 Å². The molecule has 2 aliphatic carbocycles. The van der Waals surface area contributed by atoms with Crippen LogP contribution in [0.4, 0.5) is 40.3 Å². The molecule has 85 heavy (non-hydrogen) atoms. The van der Waals surface area contributed by atoms with E-state index in [2.05, 4.69) is 108 Å². The SMILES string of the molecule is CC(C)S(=O)(=O)c1nn(C)cc1Nc1nc(Cl)ncc1Cl.COCC1CC(c2cc(OC3CC3)c(N)cc2C)CCN1C.COCC1CC(c2cc(OC3CC3)c(Nc3ncc(Cl)c(Nc4cn(C)nc4S(=O)(=O)C(C)C)n3)cc2C)CCN1C. The number of halogens is 3. The number of anilines is 7. The molecule has 0 spiro atoms. The zero-order valence-electron chi connectivity index (χ0n) is 50.5. The average molecular weight is 1270 g/mol. The monoisotopic (exact) mass is 1270 g/mol. The summed E-state index contributed by atoms with van der Waals surface area (Å²) in [6.45, 7) is 14.3. The van der Waals surface area contributed by atoms with Crippen molar-refractivity contribution in [3.05, 3.63) is 86.6 Å². The second kappa shape index (κ2) is 28.1. The standard InChI is InChI=1S/C29H40ClN7O4S.C18H28N2O2.C11H13Cl2N5O2S/c1-17(2)42(38,39)28-25(15-37(5)35-28)32-27-23(30)14-31-29(34-27)33-24-11-18(3)22(13-26(24)41-21-7-8-21)19-9-10-36(4)20(12-19)16-40-6;1-12-8-17(19)18(22-15-4-5-15)10-16(12)13-6-7-20(2)14(9-13)11-21-3;1-6(2)21(19,20)10-8(5-18(3)17-10)15-9-7(12)4-14-11(13)16-9/h11,13-15,17,19-21H,7-10,12,16H2,1-6H3,(H2,31,32,33,34);8,10,13-15H,4-7,9,11,19H2,1-3H3;4-6H,1-3H3,(H,14,15,16). The summed E-state index contributed by atoms with van der Waals surface area (Å²) in [6, 6.07) is 9.41. The van der Waals surface area contributed by atoms with Crippen LogP contribution in [0.5, 0.6) is 11.5 Å². The van der Waals surface area contributed by atoms with Crippen molar-refractivity contribution in [2.24, 2.45) is 14.1 Å². The lowest BCUT2D eigenvalue weighted by Crippen LogP contribution is -2.41. The molecule has 2 aliphatic heterocycles. The maximum atomic E-state index is 12.9. The Balaban J connectivity index is 0.000000183. The number of nitrogen functional groups attached to an aromatic ring is 1. The van der Waals surface area contributed by atoms with Gasteiger partial charge in [0.2, 0.25) is 41.0 Å². The summed E-state index contributed by atoms with van der Waals surface area (Å²) in [6.07, 6.45) is 15.3. The number of sulfone groups is 2. The van der Waals surface area contributed by atoms with Crippen molar-refractivity contribution in [2.45, 2.75) is 150 Å². The predicted octanol–water partition coefficient (Wildman–Crippen LogP) is 10.6. The number of likely N-dealkylation sites (tertiary alicyclic amines) is 2. The van der Waals surface area contributed by atoms with Gasteiger partial charge in [-0.1, -0.05) is 23.2 Å². The van der Waals surface area contributed by atoms with Crippen LogP contribution in [0, 0.1) is 13.8 Å². The molecule has 6 heterocycles. The number of hydrogen-bond acceptors (Lipinski definition) is 20. The maximum absolute atomic E-state index is 12.9. The Hall–Kier alpha value is -5.57. The fraction of sp³-hybridized carbons (Fsp3) is 0.552. The van der Waals surface area contributed by atoms with E-state index >= 15 is 0 Å². The minimum absolute atomic E-state index is 0.000873. The Bertz CT molecular complexity index is 3530. The lowest BCUT2D eigenvalue weighted by Gasteiger charge is -2.37. The van der Waals surface area contributed by atoms with E-state index in [1.165, 1.54) is 51.1 Å². The van der Waals surface area contributed by atoms with Crippen molar-refractivity contribution in [1.82, 2.24) is 49.3 Å². The molecule has 2 aromatic carbocycles. The van der Waals surface area contributed by atoms with E-state index in [4.69, 9.17) is 59.5 Å². The van der Waals surface area contributed by atoms with Crippen LogP contribution in [-0.4, -0.2) is 156 Å². The number of rotatable bonds is 20. The van der Waals surface area contributed by atoms with Gasteiger partial charge < -0.3 is 50.4 Å². The number of aromatic nitrogens is 8. The highest BCUT2D eigenvalue weighted by atomic mass is 35.5. The molecule has 464 valence electrons. The molecule has 6 aromatic rings. The zero-order chi connectivity index (χ0) is 61.7. The topological polar surface area (TPSA) is 261 Å². The summed E-state index contributed by atoms with van der Waals surface area (Å²) in [4.78, 5) is 21.4. The number of piperidine rings is 2. The fourth-order valence-electron chi connectivity index (χ4n) is 10.3. The van der Waals surface area contributed by atoms with Gasteiger partial charge in [-0.05, 0) is 190 Å². The largest absolute Gasteiger partial charge is 0.488 e. The number of nitrogens with zero attached hydrogens (tertiary/aromatic N) is 10. The third kappa shape index (κ3) is 16.5. The van der Waals surface area contributed by atoms with Crippen molar-refractivity contribution in [3.63, 3.8) is 0 Å². The average Bonchev–Trinajstić information content (AvgIpc) is 4.46. The van der Waals surface area contributed by atoms with Gasteiger partial charge in [0, 0.05) is 52.8 Å². The summed E-state index contributed by atoms with van der Waals surface area (Å²) in [5.74, 6) is 3.40. The minimum atomic E-state index is -3.64. The van der Waals surface area contributed by atoms with E-state index in [1.807, 2.05) is 0 Å². The zero-order valence-corrected chi connectivity index (χ0v) is 54.4. The molecule has 5 N–H and O–H groups in total. The van der Waals surface area contributed by atoms with Crippen LogP contribution < -0.4 is 31.2 Å². The molecule has 0 bridgehead atoms. The normalized spacial score (nSPS) is 19.4. The van der Waals surface area contributed by atoms with Crippen molar-refractivity contribution in [3.8, 4) is 11.5 Å². The van der Waals surface area contributed by atoms with Crippen LogP contribution >= 0.6 is 34.8 Å². The van der Waals surface area contributed by atoms with E-state index in [1.54, 1.807) is 62.2 Å². The smallest absolute Gasteiger partial charge is 0.229 e. The first kappa shape index (κ1) is 65.4. The van der Waals surface area contributed by atoms with E-state index in [0.29, 0.717) is 48.3 Å². The van der Waals surface area contributed by atoms with Gasteiger partial charge in [0.25, 0.3) is 0 Å². The Kier molecular flexibility index (Phi) is 21.6. The van der Waals surface area contributed by atoms with Crippen molar-refractivity contribution >= 4 is 94.8 Å². The Morgan fingerprint density at radius 2 is 1.06 bits per heavy atom. The number of nitrogens with one attached hydrogen (secondary N) is 3. The molecule has 2 saturated heterocycles. The lowest BCUT2D eigenvalue weighted by atomic mass is 9.83. The van der Waals surface area contributed by atoms with Crippen LogP contribution in [0.25, 0.3) is 0 Å². The number of aryl methyl sites for hydroxylation is 4. The summed E-state index contributed by atoms with van der Waals surface area (Å²) >= 11 is 18.1. The Morgan fingerprint density at radius 1 is 0.612 bits per heavy atom. The second-order valence-corrected chi connectivity index (χ2v) is 29.0. The number of nitrogens with two attached hydrogens (primary N) is 1. The Morgan fingerprint density at radius 3 is 1.53 bits per heavy atom. The third-order valence-corrected chi connectivity index (χ3v) is 20.5. The van der Waals surface area contributed by atoms with Crippen LogP contribution in [0.3, 0.4) is 0 Å². The number of likely N-dealkylation sites (N-methyl/N-ethyl adjacent to an activating group) is 2. The van der Waals surface area contributed by atoms with E-state index in [0.717, 1.165) is 93.1 Å². The Labute approximate surface area is 515 Å². The van der Waals surface area contributed by atoms with Gasteiger partial charge in [-0.25, -0.2) is 26.8 Å². The predicted molar refractivity (Wildman–Crippen MR) is 335 cm³/mol. The first-order chi connectivity index (χ1) is 40.2. The van der Waals surface area contributed by atoms with Crippen LogP contribution in [0.2, 0.25) is 15.3 Å². The molecular formula is C58H81Cl3N14O8S2. The van der Waals surface area contributed by atoms with Gasteiger partial charge in [0.05, 0.1) is 71.1 Å². The third-order valence-electron chi connectivity index (χ3n) is 15.6. The molecule has 0 radical (unpaired) electrons. The fourth-order valence-corrected chi connectivity index (χ4v) is 12.9. The van der Waals surface area contributed by atoms with Gasteiger partial charge >= 0.3 is 0 Å². The number of ether oxygens (including phenoxy) is 4. The summed E-state index contributed by atoms with van der Waals surface area (Å²) in [5, 5.41) is 16.5. The minimum Gasteiger partial charge on any atom is -0.488 e. The molecule has 4 fully saturated rings. The molecule has 4 aromatic heterocycles. The summed E-state index contributed by atoms with van der Waals surface area (Å²) < 4.78 is 76.5. The molecule has 27 heteroatoms. The molecule has 10 rings (SSSR count). The highest BCUT2D eigenvalue weighted by Gasteiger charge is 2.34. The van der Waals surface area contributed by atoms with Crippen molar-refractivity contribution < 1.29 is 35.8 Å². The molecule has 4 atom stereocenters. The molecule has 4 unspecified atom stereocenters. The van der Waals surface area contributed by atoms with Gasteiger partial charge in [0.1, 0.15) is 21.5 Å². The highest BCUT2D eigenvalue weighted by molar-refractivity contribution is 7.92. The molecule has 22 nitrogen and oxygen atoms in total. The summed E-state index contributed by atoms with van der Waals surface area (Å²) in [5.41, 5.74) is 13.4. The molecular weight excluding hydrogens is 1190 g/mol. The summed E-state index contributed by atoms with van der Waals surface area (Å²) in [7, 11) is 4.00. The quantitative estimate of drug-likeness (QED) is 0.0409. The van der Waals surface area contributed by atoms with E-state index in [9.17, 15) is 16.8 Å². The molecule has 2 saturated carbocycles. The first-order valence-corrected chi connectivity index (χ1v) is 32.8. The first-order valence-electron chi connectivity index (χ1n) is 28.6. The number of methoxy groups -OCH3 is 2. The van der Waals surface area contributed by atoms with Crippen molar-refractivity contribution in [2.75, 3.05) is 76.3 Å². The molecule has 4 aliphatic rings. The van der Waals surface area contributed by atoms with Gasteiger partial charge in [-0.3, -0.25) is 9.36 Å². The second-order valence-electron chi connectivity index (χ2n) is 23.0. The molecule has 0 amide bonds.